The van der Waals surface area contributed by atoms with Crippen LogP contribution in [0.25, 0.3) is 0 Å². The van der Waals surface area contributed by atoms with Crippen LogP contribution in [0.4, 0.5) is 5.13 Å². The lowest BCUT2D eigenvalue weighted by molar-refractivity contribution is -0.118. The van der Waals surface area contributed by atoms with Gasteiger partial charge in [-0.2, -0.15) is 0 Å². The lowest BCUT2D eigenvalue weighted by Crippen LogP contribution is -2.20. The van der Waals surface area contributed by atoms with E-state index < -0.39 is 0 Å². The quantitative estimate of drug-likeness (QED) is 0.915. The molecule has 1 aromatic heterocycles. The largest absolute Gasteiger partial charge is 0.484 e. The topological polar surface area (TPSA) is 51.2 Å². The van der Waals surface area contributed by atoms with Crippen molar-refractivity contribution in [1.82, 2.24) is 4.98 Å². The van der Waals surface area contributed by atoms with E-state index in [1.165, 1.54) is 16.9 Å². The summed E-state index contributed by atoms with van der Waals surface area (Å²) in [6.45, 7) is 6.15. The van der Waals surface area contributed by atoms with Crippen LogP contribution in [0, 0.1) is 6.92 Å². The van der Waals surface area contributed by atoms with Crippen LogP contribution in [0.2, 0.25) is 0 Å². The highest BCUT2D eigenvalue weighted by Crippen LogP contribution is 2.19. The first-order chi connectivity index (χ1) is 9.54. The molecule has 106 valence electrons. The Morgan fingerprint density at radius 3 is 2.60 bits per heavy atom. The molecule has 2 aromatic rings. The minimum Gasteiger partial charge on any atom is -0.484 e. The highest BCUT2D eigenvalue weighted by Gasteiger charge is 2.06. The number of carbonyl (C=O) groups excluding carboxylic acids is 1. The Labute approximate surface area is 122 Å². The highest BCUT2D eigenvalue weighted by atomic mass is 32.1. The van der Waals surface area contributed by atoms with Gasteiger partial charge in [-0.3, -0.25) is 10.1 Å². The van der Waals surface area contributed by atoms with Gasteiger partial charge in [0.05, 0.1) is 5.69 Å². The number of benzene rings is 1. The number of amides is 1. The summed E-state index contributed by atoms with van der Waals surface area (Å²) in [7, 11) is 0. The monoisotopic (exact) mass is 290 g/mol. The van der Waals surface area contributed by atoms with E-state index in [-0.39, 0.29) is 12.5 Å². The van der Waals surface area contributed by atoms with E-state index in [1.54, 1.807) is 0 Å². The minimum atomic E-state index is -0.202. The Hall–Kier alpha value is -1.88. The Morgan fingerprint density at radius 1 is 1.35 bits per heavy atom. The van der Waals surface area contributed by atoms with Gasteiger partial charge in [0.1, 0.15) is 5.75 Å². The molecule has 1 aromatic carbocycles. The van der Waals surface area contributed by atoms with Crippen LogP contribution in [0.3, 0.4) is 0 Å². The lowest BCUT2D eigenvalue weighted by Gasteiger charge is -2.08. The van der Waals surface area contributed by atoms with Gasteiger partial charge in [0.25, 0.3) is 5.91 Å². The van der Waals surface area contributed by atoms with E-state index in [0.717, 1.165) is 5.69 Å². The maximum atomic E-state index is 11.7. The normalized spacial score (nSPS) is 10.6. The number of nitrogens with one attached hydrogen (secondary N) is 1. The van der Waals surface area contributed by atoms with Crippen LogP contribution in [0.15, 0.2) is 29.6 Å². The minimum absolute atomic E-state index is 0.0142. The van der Waals surface area contributed by atoms with Crippen molar-refractivity contribution in [3.05, 3.63) is 40.9 Å². The molecule has 0 unspecified atom stereocenters. The van der Waals surface area contributed by atoms with Gasteiger partial charge in [-0.1, -0.05) is 26.0 Å². The first-order valence-electron chi connectivity index (χ1n) is 6.49. The van der Waals surface area contributed by atoms with E-state index in [2.05, 4.69) is 24.1 Å². The Morgan fingerprint density at radius 2 is 2.05 bits per heavy atom. The van der Waals surface area contributed by atoms with E-state index in [9.17, 15) is 4.79 Å². The maximum absolute atomic E-state index is 11.7. The summed E-state index contributed by atoms with van der Waals surface area (Å²) in [6, 6.07) is 7.80. The Kier molecular flexibility index (Phi) is 4.74. The van der Waals surface area contributed by atoms with Gasteiger partial charge in [0.15, 0.2) is 11.7 Å². The number of carbonyl (C=O) groups is 1. The lowest BCUT2D eigenvalue weighted by atomic mass is 10.0. The first-order valence-corrected chi connectivity index (χ1v) is 7.37. The van der Waals surface area contributed by atoms with Crippen molar-refractivity contribution in [2.75, 3.05) is 11.9 Å². The third-order valence-electron chi connectivity index (χ3n) is 2.78. The zero-order valence-electron chi connectivity index (χ0n) is 11.8. The molecule has 0 aliphatic rings. The second kappa shape index (κ2) is 6.52. The zero-order valence-corrected chi connectivity index (χ0v) is 12.7. The van der Waals surface area contributed by atoms with E-state index in [1.807, 2.05) is 36.6 Å². The van der Waals surface area contributed by atoms with Gasteiger partial charge in [0, 0.05) is 5.38 Å². The number of nitrogens with zero attached hydrogens (tertiary/aromatic N) is 1. The second-order valence-electron chi connectivity index (χ2n) is 4.85. The van der Waals surface area contributed by atoms with Crippen LogP contribution < -0.4 is 10.1 Å². The van der Waals surface area contributed by atoms with Crippen molar-refractivity contribution >= 4 is 22.4 Å². The van der Waals surface area contributed by atoms with E-state index in [0.29, 0.717) is 16.8 Å². The molecular formula is C15H18N2O2S. The van der Waals surface area contributed by atoms with Gasteiger partial charge >= 0.3 is 0 Å². The Balaban J connectivity index is 1.83. The third kappa shape index (κ3) is 4.06. The molecule has 0 bridgehead atoms. The van der Waals surface area contributed by atoms with Gasteiger partial charge in [-0.25, -0.2) is 4.98 Å². The molecule has 0 radical (unpaired) electrons. The molecule has 1 heterocycles. The third-order valence-corrected chi connectivity index (χ3v) is 3.66. The fourth-order valence-corrected chi connectivity index (χ4v) is 2.37. The predicted molar refractivity (Wildman–Crippen MR) is 81.5 cm³/mol. The molecule has 2 rings (SSSR count). The maximum Gasteiger partial charge on any atom is 0.264 e. The average molecular weight is 290 g/mol. The molecule has 1 amide bonds. The van der Waals surface area contributed by atoms with Crippen molar-refractivity contribution in [1.29, 1.82) is 0 Å². The number of aromatic nitrogens is 1. The number of anilines is 1. The van der Waals surface area contributed by atoms with Crippen LogP contribution in [-0.4, -0.2) is 17.5 Å². The Bertz CT molecular complexity index is 576. The van der Waals surface area contributed by atoms with Crippen LogP contribution in [-0.2, 0) is 4.79 Å². The van der Waals surface area contributed by atoms with Gasteiger partial charge in [-0.05, 0) is 30.5 Å². The molecule has 5 heteroatoms. The molecule has 1 N–H and O–H groups in total. The van der Waals surface area contributed by atoms with Crippen LogP contribution >= 0.6 is 11.3 Å². The molecule has 0 atom stereocenters. The van der Waals surface area contributed by atoms with Crippen LogP contribution in [0.1, 0.15) is 31.0 Å². The molecule has 0 aliphatic heterocycles. The van der Waals surface area contributed by atoms with E-state index in [4.69, 9.17) is 4.74 Å². The first kappa shape index (κ1) is 14.5. The van der Waals surface area contributed by atoms with Gasteiger partial charge in [0.2, 0.25) is 0 Å². The number of ether oxygens (including phenoxy) is 1. The summed E-state index contributed by atoms with van der Waals surface area (Å²) in [5.41, 5.74) is 2.15. The van der Waals surface area contributed by atoms with Crippen molar-refractivity contribution in [3.8, 4) is 5.75 Å². The summed E-state index contributed by atoms with van der Waals surface area (Å²) < 4.78 is 5.45. The summed E-state index contributed by atoms with van der Waals surface area (Å²) in [5, 5.41) is 5.20. The van der Waals surface area contributed by atoms with Crippen molar-refractivity contribution < 1.29 is 9.53 Å². The van der Waals surface area contributed by atoms with Gasteiger partial charge < -0.3 is 4.74 Å². The molecule has 20 heavy (non-hydrogen) atoms. The zero-order chi connectivity index (χ0) is 14.5. The smallest absolute Gasteiger partial charge is 0.264 e. The number of aryl methyl sites for hydroxylation is 1. The summed E-state index contributed by atoms with van der Waals surface area (Å²) in [6.07, 6.45) is 0. The van der Waals surface area contributed by atoms with Gasteiger partial charge in [-0.15, -0.1) is 11.3 Å². The average Bonchev–Trinajstić information content (AvgIpc) is 2.82. The second-order valence-corrected chi connectivity index (χ2v) is 5.71. The number of hydrogen-bond acceptors (Lipinski definition) is 4. The summed E-state index contributed by atoms with van der Waals surface area (Å²) in [5.74, 6) is 0.979. The SMILES string of the molecule is Cc1csc(NC(=O)COc2ccc(C(C)C)cc2)n1. The number of hydrogen-bond donors (Lipinski definition) is 1. The molecule has 0 spiro atoms. The van der Waals surface area contributed by atoms with E-state index >= 15 is 0 Å². The summed E-state index contributed by atoms with van der Waals surface area (Å²) >= 11 is 1.41. The molecule has 0 saturated carbocycles. The van der Waals surface area contributed by atoms with Crippen molar-refractivity contribution in [3.63, 3.8) is 0 Å². The fourth-order valence-electron chi connectivity index (χ4n) is 1.66. The molecule has 0 saturated heterocycles. The predicted octanol–water partition coefficient (Wildman–Crippen LogP) is 3.59. The molecule has 0 fully saturated rings. The molecule has 0 aliphatic carbocycles. The standard InChI is InChI=1S/C15H18N2O2S/c1-10(2)12-4-6-13(7-5-12)19-8-14(18)17-15-16-11(3)9-20-15/h4-7,9-10H,8H2,1-3H3,(H,16,17,18). The van der Waals surface area contributed by atoms with Crippen molar-refractivity contribution in [2.24, 2.45) is 0 Å². The van der Waals surface area contributed by atoms with Crippen LogP contribution in [0.5, 0.6) is 5.75 Å². The molecule has 4 nitrogen and oxygen atoms in total. The fraction of sp³-hybridized carbons (Fsp3) is 0.333. The summed E-state index contributed by atoms with van der Waals surface area (Å²) in [4.78, 5) is 15.9. The molecular weight excluding hydrogens is 272 g/mol. The number of thiazole rings is 1. The van der Waals surface area contributed by atoms with Crippen molar-refractivity contribution in [2.45, 2.75) is 26.7 Å². The highest BCUT2D eigenvalue weighted by molar-refractivity contribution is 7.13. The number of rotatable bonds is 5.